The van der Waals surface area contributed by atoms with Gasteiger partial charge in [0.15, 0.2) is 0 Å². The summed E-state index contributed by atoms with van der Waals surface area (Å²) in [6.07, 6.45) is -3.28. The fourth-order valence-electron chi connectivity index (χ4n) is 2.70. The van der Waals surface area contributed by atoms with Crippen molar-refractivity contribution in [3.63, 3.8) is 0 Å². The Labute approximate surface area is 113 Å². The minimum atomic E-state index is -4.18. The van der Waals surface area contributed by atoms with Crippen LogP contribution in [0.3, 0.4) is 0 Å². The van der Waals surface area contributed by atoms with Crippen molar-refractivity contribution >= 4 is 11.0 Å². The predicted molar refractivity (Wildman–Crippen MR) is 66.1 cm³/mol. The van der Waals surface area contributed by atoms with Gasteiger partial charge in [0.2, 0.25) is 0 Å². The molecule has 0 unspecified atom stereocenters. The topological polar surface area (TPSA) is 16.4 Å². The van der Waals surface area contributed by atoms with Crippen molar-refractivity contribution in [2.24, 2.45) is 0 Å². The lowest BCUT2D eigenvalue weighted by molar-refractivity contribution is -0.145. The van der Waals surface area contributed by atoms with Gasteiger partial charge in [-0.2, -0.15) is 13.2 Å². The van der Waals surface area contributed by atoms with E-state index in [1.807, 2.05) is 0 Å². The lowest BCUT2D eigenvalue weighted by Crippen LogP contribution is -2.35. The summed E-state index contributed by atoms with van der Waals surface area (Å²) < 4.78 is 56.0. The van der Waals surface area contributed by atoms with Gasteiger partial charge < -0.3 is 4.42 Å². The highest BCUT2D eigenvalue weighted by Gasteiger charge is 2.32. The third-order valence-corrected chi connectivity index (χ3v) is 3.57. The van der Waals surface area contributed by atoms with Crippen LogP contribution in [0.25, 0.3) is 11.0 Å². The first-order chi connectivity index (χ1) is 9.42. The van der Waals surface area contributed by atoms with Gasteiger partial charge in [0.25, 0.3) is 0 Å². The Hall–Kier alpha value is -1.56. The zero-order valence-electron chi connectivity index (χ0n) is 10.6. The zero-order chi connectivity index (χ0) is 14.3. The van der Waals surface area contributed by atoms with Gasteiger partial charge in [-0.05, 0) is 18.6 Å². The SMILES string of the molecule is Fc1ccc2c3c(oc2c1)CCN(CC(F)(F)F)CC3. The molecule has 1 aromatic carbocycles. The van der Waals surface area contributed by atoms with E-state index in [0.29, 0.717) is 37.3 Å². The van der Waals surface area contributed by atoms with Gasteiger partial charge >= 0.3 is 6.18 Å². The number of rotatable bonds is 1. The first-order valence-electron chi connectivity index (χ1n) is 6.41. The molecule has 3 rings (SSSR count). The Kier molecular flexibility index (Phi) is 3.20. The van der Waals surface area contributed by atoms with Crippen LogP contribution >= 0.6 is 0 Å². The van der Waals surface area contributed by atoms with E-state index in [4.69, 9.17) is 4.42 Å². The average molecular weight is 287 g/mol. The van der Waals surface area contributed by atoms with E-state index in [1.54, 1.807) is 6.07 Å². The van der Waals surface area contributed by atoms with Gasteiger partial charge in [-0.15, -0.1) is 0 Å². The highest BCUT2D eigenvalue weighted by Crippen LogP contribution is 2.30. The summed E-state index contributed by atoms with van der Waals surface area (Å²) in [6.45, 7) is -0.267. The molecule has 6 heteroatoms. The minimum Gasteiger partial charge on any atom is -0.461 e. The van der Waals surface area contributed by atoms with E-state index in [1.165, 1.54) is 17.0 Å². The van der Waals surface area contributed by atoms with E-state index in [9.17, 15) is 17.6 Å². The zero-order valence-corrected chi connectivity index (χ0v) is 10.6. The fourth-order valence-corrected chi connectivity index (χ4v) is 2.70. The van der Waals surface area contributed by atoms with Crippen LogP contribution < -0.4 is 0 Å². The van der Waals surface area contributed by atoms with Crippen molar-refractivity contribution in [1.29, 1.82) is 0 Å². The third kappa shape index (κ3) is 2.65. The van der Waals surface area contributed by atoms with Crippen molar-refractivity contribution in [2.45, 2.75) is 19.0 Å². The van der Waals surface area contributed by atoms with Gasteiger partial charge in [-0.25, -0.2) is 4.39 Å². The van der Waals surface area contributed by atoms with Crippen LogP contribution in [0.2, 0.25) is 0 Å². The minimum absolute atomic E-state index is 0.300. The largest absolute Gasteiger partial charge is 0.461 e. The number of nitrogens with zero attached hydrogens (tertiary/aromatic N) is 1. The lowest BCUT2D eigenvalue weighted by atomic mass is 10.1. The Morgan fingerprint density at radius 1 is 1.15 bits per heavy atom. The third-order valence-electron chi connectivity index (χ3n) is 3.57. The summed E-state index contributed by atoms with van der Waals surface area (Å²) in [6, 6.07) is 4.29. The van der Waals surface area contributed by atoms with E-state index >= 15 is 0 Å². The predicted octanol–water partition coefficient (Wildman–Crippen LogP) is 3.53. The fraction of sp³-hybridized carbons (Fsp3) is 0.429. The summed E-state index contributed by atoms with van der Waals surface area (Å²) in [5.74, 6) is 0.301. The Balaban J connectivity index is 1.85. The molecule has 20 heavy (non-hydrogen) atoms. The summed E-state index contributed by atoms with van der Waals surface area (Å²) in [5.41, 5.74) is 1.38. The van der Waals surface area contributed by atoms with E-state index in [0.717, 1.165) is 10.9 Å². The molecule has 0 spiro atoms. The van der Waals surface area contributed by atoms with E-state index < -0.39 is 12.7 Å². The number of hydrogen-bond donors (Lipinski definition) is 0. The maximum absolute atomic E-state index is 13.1. The number of hydrogen-bond acceptors (Lipinski definition) is 2. The maximum atomic E-state index is 13.1. The van der Waals surface area contributed by atoms with E-state index in [-0.39, 0.29) is 5.82 Å². The highest BCUT2D eigenvalue weighted by molar-refractivity contribution is 5.82. The second-order valence-electron chi connectivity index (χ2n) is 5.04. The van der Waals surface area contributed by atoms with Crippen molar-refractivity contribution < 1.29 is 22.0 Å². The van der Waals surface area contributed by atoms with Gasteiger partial charge in [0.05, 0.1) is 6.54 Å². The van der Waals surface area contributed by atoms with Crippen molar-refractivity contribution in [3.8, 4) is 0 Å². The lowest BCUT2D eigenvalue weighted by Gasteiger charge is -2.21. The molecule has 0 bridgehead atoms. The number of furan rings is 1. The van der Waals surface area contributed by atoms with Crippen LogP contribution in [0.1, 0.15) is 11.3 Å². The molecule has 0 saturated carbocycles. The van der Waals surface area contributed by atoms with Gasteiger partial charge in [-0.3, -0.25) is 4.90 Å². The summed E-state index contributed by atoms with van der Waals surface area (Å²) in [5, 5.41) is 0.801. The molecule has 0 N–H and O–H groups in total. The van der Waals surface area contributed by atoms with Crippen LogP contribution in [0.5, 0.6) is 0 Å². The highest BCUT2D eigenvalue weighted by atomic mass is 19.4. The first kappa shape index (κ1) is 13.4. The number of alkyl halides is 3. The van der Waals surface area contributed by atoms with E-state index in [2.05, 4.69) is 0 Å². The summed E-state index contributed by atoms with van der Waals surface area (Å²) in [7, 11) is 0. The number of fused-ring (bicyclic) bond motifs is 3. The van der Waals surface area contributed by atoms with Crippen molar-refractivity contribution in [3.05, 3.63) is 35.3 Å². The molecule has 0 atom stereocenters. The molecule has 1 aliphatic rings. The first-order valence-corrected chi connectivity index (χ1v) is 6.41. The van der Waals surface area contributed by atoms with Gasteiger partial charge in [-0.1, -0.05) is 0 Å². The molecule has 0 saturated heterocycles. The van der Waals surface area contributed by atoms with Crippen LogP contribution in [-0.4, -0.2) is 30.7 Å². The second-order valence-corrected chi connectivity index (χ2v) is 5.04. The van der Waals surface area contributed by atoms with Crippen LogP contribution in [0, 0.1) is 5.82 Å². The molecule has 2 heterocycles. The molecule has 1 aliphatic heterocycles. The van der Waals surface area contributed by atoms with Crippen LogP contribution in [0.15, 0.2) is 22.6 Å². The smallest absolute Gasteiger partial charge is 0.401 e. The Morgan fingerprint density at radius 2 is 1.90 bits per heavy atom. The molecule has 2 nitrogen and oxygen atoms in total. The van der Waals surface area contributed by atoms with Crippen molar-refractivity contribution in [2.75, 3.05) is 19.6 Å². The summed E-state index contributed by atoms with van der Waals surface area (Å²) >= 11 is 0. The Bertz CT molecular complexity index is 632. The van der Waals surface area contributed by atoms with Gasteiger partial charge in [0, 0.05) is 36.5 Å². The van der Waals surface area contributed by atoms with Crippen molar-refractivity contribution in [1.82, 2.24) is 4.90 Å². The molecule has 0 aliphatic carbocycles. The number of benzene rings is 1. The number of halogens is 4. The quantitative estimate of drug-likeness (QED) is 0.746. The average Bonchev–Trinajstić information content (AvgIpc) is 2.56. The molecule has 0 fully saturated rings. The van der Waals surface area contributed by atoms with Crippen LogP contribution in [-0.2, 0) is 12.8 Å². The maximum Gasteiger partial charge on any atom is 0.401 e. The van der Waals surface area contributed by atoms with Crippen LogP contribution in [0.4, 0.5) is 17.6 Å². The summed E-state index contributed by atoms with van der Waals surface area (Å²) in [4.78, 5) is 1.38. The second kappa shape index (κ2) is 4.77. The molecule has 1 aromatic heterocycles. The molecular weight excluding hydrogens is 274 g/mol. The molecular formula is C14H13F4NO. The molecule has 2 aromatic rings. The Morgan fingerprint density at radius 3 is 2.65 bits per heavy atom. The monoisotopic (exact) mass is 287 g/mol. The molecule has 108 valence electrons. The molecule has 0 radical (unpaired) electrons. The normalized spacial score (nSPS) is 17.2. The molecule has 0 amide bonds. The van der Waals surface area contributed by atoms with Gasteiger partial charge in [0.1, 0.15) is 17.2 Å². The standard InChI is InChI=1S/C14H13F4NO/c15-9-1-2-10-11-3-5-19(8-14(16,17)18)6-4-12(11)20-13(10)7-9/h1-2,7H,3-6,8H2.